The molecule has 1 amide bonds. The zero-order valence-corrected chi connectivity index (χ0v) is 15.3. The topological polar surface area (TPSA) is 88.4 Å². The molecule has 1 aromatic heterocycles. The molecule has 3 rings (SSSR count). The number of rotatable bonds is 6. The summed E-state index contributed by atoms with van der Waals surface area (Å²) >= 11 is 0. The zero-order chi connectivity index (χ0) is 19.4. The van der Waals surface area contributed by atoms with Crippen molar-refractivity contribution in [3.05, 3.63) is 42.5 Å². The van der Waals surface area contributed by atoms with E-state index in [0.29, 0.717) is 25.5 Å². The van der Waals surface area contributed by atoms with Gasteiger partial charge in [-0.2, -0.15) is 9.40 Å². The molecule has 1 aromatic carbocycles. The number of piperazine rings is 1. The number of amides is 1. The molecule has 11 heteroatoms. The van der Waals surface area contributed by atoms with Gasteiger partial charge in [0.15, 0.2) is 11.6 Å². The van der Waals surface area contributed by atoms with Gasteiger partial charge < -0.3 is 4.90 Å². The molecule has 2 heterocycles. The maximum absolute atomic E-state index is 13.3. The molecule has 1 fully saturated rings. The van der Waals surface area contributed by atoms with Crippen LogP contribution in [0.25, 0.3) is 0 Å². The number of halogens is 2. The Balaban J connectivity index is 1.53. The van der Waals surface area contributed by atoms with Crippen molar-refractivity contribution in [1.82, 2.24) is 24.0 Å². The summed E-state index contributed by atoms with van der Waals surface area (Å²) in [6.45, 7) is 1.30. The first-order chi connectivity index (χ1) is 12.9. The van der Waals surface area contributed by atoms with Crippen molar-refractivity contribution in [3.63, 3.8) is 0 Å². The first kappa shape index (κ1) is 19.4. The van der Waals surface area contributed by atoms with E-state index < -0.39 is 21.7 Å². The van der Waals surface area contributed by atoms with Gasteiger partial charge in [0.2, 0.25) is 15.9 Å². The lowest BCUT2D eigenvalue weighted by Gasteiger charge is -2.34. The molecule has 0 N–H and O–H groups in total. The smallest absolute Gasteiger partial charge is 0.243 e. The molecule has 1 aliphatic rings. The summed E-state index contributed by atoms with van der Waals surface area (Å²) < 4.78 is 54.3. The van der Waals surface area contributed by atoms with Crippen molar-refractivity contribution < 1.29 is 22.0 Å². The second-order valence-corrected chi connectivity index (χ2v) is 8.06. The highest BCUT2D eigenvalue weighted by Crippen LogP contribution is 2.20. The highest BCUT2D eigenvalue weighted by molar-refractivity contribution is 7.89. The van der Waals surface area contributed by atoms with E-state index in [1.165, 1.54) is 10.6 Å². The molecule has 1 aliphatic heterocycles. The summed E-state index contributed by atoms with van der Waals surface area (Å²) in [6.07, 6.45) is 3.94. The fourth-order valence-electron chi connectivity index (χ4n) is 2.86. The fraction of sp³-hybridized carbons (Fsp3) is 0.438. The highest BCUT2D eigenvalue weighted by Gasteiger charge is 2.30. The monoisotopic (exact) mass is 399 g/mol. The third-order valence-corrected chi connectivity index (χ3v) is 6.26. The van der Waals surface area contributed by atoms with Crippen LogP contribution in [0.2, 0.25) is 0 Å². The molecule has 146 valence electrons. The van der Waals surface area contributed by atoms with E-state index in [2.05, 4.69) is 10.1 Å². The lowest BCUT2D eigenvalue weighted by atomic mass is 10.2. The maximum atomic E-state index is 13.3. The zero-order valence-electron chi connectivity index (χ0n) is 14.5. The van der Waals surface area contributed by atoms with Crippen LogP contribution in [0.4, 0.5) is 8.78 Å². The quantitative estimate of drug-likeness (QED) is 0.719. The summed E-state index contributed by atoms with van der Waals surface area (Å²) in [5, 5.41) is 3.96. The molecule has 0 spiro atoms. The average molecular weight is 399 g/mol. The number of carbonyl (C=O) groups excluding carboxylic acids is 1. The van der Waals surface area contributed by atoms with Crippen molar-refractivity contribution in [3.8, 4) is 0 Å². The minimum absolute atomic E-state index is 0.0556. The van der Waals surface area contributed by atoms with Crippen molar-refractivity contribution in [2.24, 2.45) is 0 Å². The van der Waals surface area contributed by atoms with E-state index in [1.54, 1.807) is 15.9 Å². The number of benzene rings is 1. The Morgan fingerprint density at radius 3 is 2.48 bits per heavy atom. The van der Waals surface area contributed by atoms with Gasteiger partial charge in [-0.15, -0.1) is 0 Å². The molecule has 8 nitrogen and oxygen atoms in total. The van der Waals surface area contributed by atoms with Gasteiger partial charge in [0.25, 0.3) is 0 Å². The largest absolute Gasteiger partial charge is 0.340 e. The summed E-state index contributed by atoms with van der Waals surface area (Å²) in [5.74, 6) is -2.37. The van der Waals surface area contributed by atoms with Gasteiger partial charge in [0.1, 0.15) is 12.7 Å². The Morgan fingerprint density at radius 2 is 1.85 bits per heavy atom. The molecule has 0 aliphatic carbocycles. The van der Waals surface area contributed by atoms with E-state index in [9.17, 15) is 22.0 Å². The number of aryl methyl sites for hydroxylation is 1. The van der Waals surface area contributed by atoms with Gasteiger partial charge in [-0.25, -0.2) is 22.2 Å². The predicted octanol–water partition coefficient (Wildman–Crippen LogP) is 0.870. The first-order valence-corrected chi connectivity index (χ1v) is 9.87. The van der Waals surface area contributed by atoms with Crippen molar-refractivity contribution >= 4 is 15.9 Å². The molecular formula is C16H19F2N5O3S. The van der Waals surface area contributed by atoms with Crippen molar-refractivity contribution in [2.45, 2.75) is 24.3 Å². The summed E-state index contributed by atoms with van der Waals surface area (Å²) in [5.41, 5.74) is 0. The van der Waals surface area contributed by atoms with Gasteiger partial charge in [-0.3, -0.25) is 9.48 Å². The standard InChI is InChI=1S/C16H19F2N5O3S/c17-14-4-3-13(10-15(14)18)27(25,26)23-8-6-21(7-9-23)16(24)2-1-5-22-12-19-11-20-22/h3-4,10-12H,1-2,5-9H2. The molecular weight excluding hydrogens is 380 g/mol. The molecule has 2 aromatic rings. The Hall–Kier alpha value is -2.40. The Bertz CT molecular complexity index is 897. The molecule has 0 unspecified atom stereocenters. The Morgan fingerprint density at radius 1 is 1.11 bits per heavy atom. The van der Waals surface area contributed by atoms with Crippen LogP contribution in [0, 0.1) is 11.6 Å². The van der Waals surface area contributed by atoms with Crippen LogP contribution in [0.15, 0.2) is 35.7 Å². The predicted molar refractivity (Wildman–Crippen MR) is 91.0 cm³/mol. The minimum atomic E-state index is -3.93. The van der Waals surface area contributed by atoms with Gasteiger partial charge in [-0.05, 0) is 24.6 Å². The lowest BCUT2D eigenvalue weighted by molar-refractivity contribution is -0.132. The van der Waals surface area contributed by atoms with E-state index in [4.69, 9.17) is 0 Å². The SMILES string of the molecule is O=C(CCCn1cncn1)N1CCN(S(=O)(=O)c2ccc(F)c(F)c2)CC1. The van der Waals surface area contributed by atoms with E-state index >= 15 is 0 Å². The highest BCUT2D eigenvalue weighted by atomic mass is 32.2. The number of carbonyl (C=O) groups is 1. The maximum Gasteiger partial charge on any atom is 0.243 e. The molecule has 0 atom stereocenters. The number of hydrogen-bond acceptors (Lipinski definition) is 5. The average Bonchev–Trinajstić information content (AvgIpc) is 3.17. The fourth-order valence-corrected chi connectivity index (χ4v) is 4.30. The normalized spacial score (nSPS) is 15.9. The minimum Gasteiger partial charge on any atom is -0.340 e. The molecule has 1 saturated heterocycles. The van der Waals surface area contributed by atoms with Gasteiger partial charge in [0.05, 0.1) is 4.90 Å². The van der Waals surface area contributed by atoms with Crippen LogP contribution in [-0.2, 0) is 21.4 Å². The van der Waals surface area contributed by atoms with E-state index in [1.807, 2.05) is 0 Å². The third-order valence-electron chi connectivity index (χ3n) is 4.36. The van der Waals surface area contributed by atoms with E-state index in [-0.39, 0.29) is 37.0 Å². The summed E-state index contributed by atoms with van der Waals surface area (Å²) in [6, 6.07) is 2.50. The molecule has 0 bridgehead atoms. The van der Waals surface area contributed by atoms with Gasteiger partial charge in [-0.1, -0.05) is 0 Å². The summed E-state index contributed by atoms with van der Waals surface area (Å²) in [4.78, 5) is 17.4. The van der Waals surface area contributed by atoms with E-state index in [0.717, 1.165) is 12.1 Å². The van der Waals surface area contributed by atoms with Crippen LogP contribution < -0.4 is 0 Å². The van der Waals surface area contributed by atoms with Crippen LogP contribution in [0.1, 0.15) is 12.8 Å². The lowest BCUT2D eigenvalue weighted by Crippen LogP contribution is -2.50. The summed E-state index contributed by atoms with van der Waals surface area (Å²) in [7, 11) is -3.93. The van der Waals surface area contributed by atoms with Gasteiger partial charge >= 0.3 is 0 Å². The molecule has 0 saturated carbocycles. The third kappa shape index (κ3) is 4.48. The Kier molecular flexibility index (Phi) is 5.80. The van der Waals surface area contributed by atoms with Crippen molar-refractivity contribution in [2.75, 3.05) is 26.2 Å². The second-order valence-electron chi connectivity index (χ2n) is 6.12. The molecule has 27 heavy (non-hydrogen) atoms. The number of sulfonamides is 1. The van der Waals surface area contributed by atoms with Crippen LogP contribution in [0.5, 0.6) is 0 Å². The van der Waals surface area contributed by atoms with Gasteiger partial charge in [0, 0.05) is 39.1 Å². The first-order valence-electron chi connectivity index (χ1n) is 8.43. The Labute approximate surface area is 155 Å². The van der Waals surface area contributed by atoms with Crippen LogP contribution >= 0.6 is 0 Å². The molecule has 0 radical (unpaired) electrons. The number of hydrogen-bond donors (Lipinski definition) is 0. The second kappa shape index (κ2) is 8.09. The number of aromatic nitrogens is 3. The van der Waals surface area contributed by atoms with Crippen LogP contribution in [-0.4, -0.2) is 64.5 Å². The van der Waals surface area contributed by atoms with Crippen LogP contribution in [0.3, 0.4) is 0 Å². The number of nitrogens with zero attached hydrogens (tertiary/aromatic N) is 5. The van der Waals surface area contributed by atoms with Crippen molar-refractivity contribution in [1.29, 1.82) is 0 Å².